The Balaban J connectivity index is 1.63. The van der Waals surface area contributed by atoms with Crippen LogP contribution in [0.25, 0.3) is 0 Å². The first-order chi connectivity index (χ1) is 16.0. The Bertz CT molecular complexity index is 1130. The van der Waals surface area contributed by atoms with Crippen LogP contribution in [-0.4, -0.2) is 73.6 Å². The van der Waals surface area contributed by atoms with Gasteiger partial charge in [-0.15, -0.1) is 5.10 Å². The molecule has 11 heteroatoms. The second-order valence-electron chi connectivity index (χ2n) is 8.06. The number of benzene rings is 1. The molecule has 1 aromatic rings. The Labute approximate surface area is 192 Å². The molecule has 0 radical (unpaired) electrons. The summed E-state index contributed by atoms with van der Waals surface area (Å²) in [6.45, 7) is 5.32. The van der Waals surface area contributed by atoms with E-state index in [9.17, 15) is 15.3 Å². The molecule has 0 unspecified atom stereocenters. The summed E-state index contributed by atoms with van der Waals surface area (Å²) >= 11 is 0. The first-order valence-electron chi connectivity index (χ1n) is 10.6. The quantitative estimate of drug-likeness (QED) is 0.512. The van der Waals surface area contributed by atoms with Crippen molar-refractivity contribution in [2.24, 2.45) is 15.1 Å². The SMILES string of the molecule is C=N/C=C(/C#N)N1CC(NC2CC2)=NC(Nc2cc(C#N)cc(N3CCN(C)CC3=O)c2)=N1. The maximum Gasteiger partial charge on any atom is 0.246 e. The van der Waals surface area contributed by atoms with Crippen molar-refractivity contribution in [2.45, 2.75) is 18.9 Å². The highest BCUT2D eigenvalue weighted by molar-refractivity contribution is 6.05. The number of hydrogen-bond acceptors (Lipinski definition) is 10. The van der Waals surface area contributed by atoms with E-state index < -0.39 is 0 Å². The monoisotopic (exact) mass is 444 g/mol. The van der Waals surface area contributed by atoms with E-state index in [0.29, 0.717) is 48.4 Å². The number of amidine groups is 1. The molecule has 0 atom stereocenters. The van der Waals surface area contributed by atoms with Gasteiger partial charge >= 0.3 is 0 Å². The average Bonchev–Trinajstić information content (AvgIpc) is 3.61. The van der Waals surface area contributed by atoms with E-state index in [-0.39, 0.29) is 17.6 Å². The van der Waals surface area contributed by atoms with Gasteiger partial charge < -0.3 is 15.5 Å². The van der Waals surface area contributed by atoms with Crippen molar-refractivity contribution < 1.29 is 4.79 Å². The summed E-state index contributed by atoms with van der Waals surface area (Å²) in [6, 6.07) is 9.74. The van der Waals surface area contributed by atoms with Crippen LogP contribution in [0.1, 0.15) is 18.4 Å². The fraction of sp³-hybridized carbons (Fsp3) is 0.364. The van der Waals surface area contributed by atoms with Crippen LogP contribution in [0.2, 0.25) is 0 Å². The Morgan fingerprint density at radius 2 is 2.09 bits per heavy atom. The maximum absolute atomic E-state index is 12.5. The highest BCUT2D eigenvalue weighted by Crippen LogP contribution is 2.25. The van der Waals surface area contributed by atoms with Gasteiger partial charge in [-0.1, -0.05) is 0 Å². The lowest BCUT2D eigenvalue weighted by molar-refractivity contribution is -0.120. The van der Waals surface area contributed by atoms with Crippen molar-refractivity contribution in [2.75, 3.05) is 43.4 Å². The fourth-order valence-electron chi connectivity index (χ4n) is 3.55. The molecule has 4 rings (SSSR count). The minimum absolute atomic E-state index is 0.0272. The number of nitrogens with zero attached hydrogens (tertiary/aromatic N) is 8. The molecule has 0 bridgehead atoms. The third-order valence-corrected chi connectivity index (χ3v) is 5.34. The first-order valence-corrected chi connectivity index (χ1v) is 10.6. The van der Waals surface area contributed by atoms with Gasteiger partial charge in [0.15, 0.2) is 5.70 Å². The zero-order chi connectivity index (χ0) is 23.4. The summed E-state index contributed by atoms with van der Waals surface area (Å²) in [4.78, 5) is 24.4. The minimum Gasteiger partial charge on any atom is -0.369 e. The number of piperazine rings is 1. The van der Waals surface area contributed by atoms with Gasteiger partial charge in [0.1, 0.15) is 18.4 Å². The molecule has 33 heavy (non-hydrogen) atoms. The zero-order valence-corrected chi connectivity index (χ0v) is 18.3. The molecule has 1 aliphatic carbocycles. The topological polar surface area (TPSA) is 136 Å². The molecular weight excluding hydrogens is 420 g/mol. The van der Waals surface area contributed by atoms with E-state index >= 15 is 0 Å². The number of anilines is 2. The number of nitrogens with one attached hydrogen (secondary N) is 2. The number of rotatable bonds is 5. The van der Waals surface area contributed by atoms with Crippen LogP contribution in [0, 0.1) is 22.7 Å². The standard InChI is InChI=1S/C22H24N10O/c1-25-12-19(11-24)32-13-20(26-16-3-4-16)28-22(29-32)27-17-7-15(10-23)8-18(9-17)31-6-5-30(2)14-21(31)33/h7-9,12,16H,1,3-6,13-14H2,2H3,(H2,26,27,28,29)/b19-12-. The highest BCUT2D eigenvalue weighted by atomic mass is 16.2. The van der Waals surface area contributed by atoms with Crippen molar-refractivity contribution in [3.8, 4) is 12.1 Å². The maximum atomic E-state index is 12.5. The van der Waals surface area contributed by atoms with Crippen LogP contribution in [-0.2, 0) is 4.79 Å². The number of carbonyl (C=O) groups is 1. The smallest absolute Gasteiger partial charge is 0.246 e. The molecule has 2 N–H and O–H groups in total. The number of guanidine groups is 1. The van der Waals surface area contributed by atoms with E-state index in [1.165, 1.54) is 11.2 Å². The van der Waals surface area contributed by atoms with Crippen molar-refractivity contribution >= 4 is 35.8 Å². The van der Waals surface area contributed by atoms with E-state index in [1.54, 1.807) is 23.1 Å². The summed E-state index contributed by atoms with van der Waals surface area (Å²) in [6.07, 6.45) is 3.48. The van der Waals surface area contributed by atoms with Gasteiger partial charge in [0, 0.05) is 30.5 Å². The lowest BCUT2D eigenvalue weighted by Crippen LogP contribution is -2.48. The molecular formula is C22H24N10O. The van der Waals surface area contributed by atoms with E-state index in [4.69, 9.17) is 0 Å². The van der Waals surface area contributed by atoms with Gasteiger partial charge in [0.25, 0.3) is 0 Å². The molecule has 2 fully saturated rings. The predicted molar refractivity (Wildman–Crippen MR) is 126 cm³/mol. The third kappa shape index (κ3) is 5.34. The van der Waals surface area contributed by atoms with Crippen molar-refractivity contribution in [3.63, 3.8) is 0 Å². The second kappa shape index (κ2) is 9.51. The molecule has 1 saturated heterocycles. The van der Waals surface area contributed by atoms with Gasteiger partial charge in [0.05, 0.1) is 24.4 Å². The predicted octanol–water partition coefficient (Wildman–Crippen LogP) is 1.05. The second-order valence-corrected chi connectivity index (χ2v) is 8.06. The molecule has 0 spiro atoms. The molecule has 2 heterocycles. The lowest BCUT2D eigenvalue weighted by Gasteiger charge is -2.32. The number of hydrogen-bond donors (Lipinski definition) is 2. The fourth-order valence-corrected chi connectivity index (χ4v) is 3.55. The minimum atomic E-state index is -0.0272. The van der Waals surface area contributed by atoms with Crippen LogP contribution >= 0.6 is 0 Å². The van der Waals surface area contributed by atoms with E-state index in [1.807, 2.05) is 11.9 Å². The molecule has 1 aromatic carbocycles. The summed E-state index contributed by atoms with van der Waals surface area (Å²) < 4.78 is 0. The van der Waals surface area contributed by atoms with E-state index in [0.717, 1.165) is 19.4 Å². The highest BCUT2D eigenvalue weighted by Gasteiger charge is 2.27. The summed E-state index contributed by atoms with van der Waals surface area (Å²) in [7, 11) is 1.90. The van der Waals surface area contributed by atoms with Crippen LogP contribution < -0.4 is 15.5 Å². The van der Waals surface area contributed by atoms with Gasteiger partial charge in [-0.3, -0.25) is 14.7 Å². The normalized spacial score (nSPS) is 19.2. The molecule has 1 amide bonds. The number of allylic oxidation sites excluding steroid dienone is 1. The number of nitriles is 2. The van der Waals surface area contributed by atoms with Gasteiger partial charge in [-0.2, -0.15) is 15.5 Å². The van der Waals surface area contributed by atoms with Crippen LogP contribution in [0.4, 0.5) is 11.4 Å². The lowest BCUT2D eigenvalue weighted by atomic mass is 10.1. The Morgan fingerprint density at radius 1 is 1.27 bits per heavy atom. The average molecular weight is 445 g/mol. The number of amides is 1. The van der Waals surface area contributed by atoms with Crippen molar-refractivity contribution in [1.82, 2.24) is 15.2 Å². The number of hydrazone groups is 1. The zero-order valence-electron chi connectivity index (χ0n) is 18.3. The van der Waals surface area contributed by atoms with Crippen molar-refractivity contribution in [1.29, 1.82) is 10.5 Å². The van der Waals surface area contributed by atoms with Crippen molar-refractivity contribution in [3.05, 3.63) is 35.7 Å². The number of carbonyl (C=O) groups excluding carboxylic acids is 1. The summed E-state index contributed by atoms with van der Waals surface area (Å²) in [5.74, 6) is 0.895. The van der Waals surface area contributed by atoms with Crippen LogP contribution in [0.15, 0.2) is 45.2 Å². The van der Waals surface area contributed by atoms with Gasteiger partial charge in [0.2, 0.25) is 11.9 Å². The summed E-state index contributed by atoms with van der Waals surface area (Å²) in [5, 5.41) is 31.4. The third-order valence-electron chi connectivity index (χ3n) is 5.34. The molecule has 11 nitrogen and oxygen atoms in total. The molecule has 0 aromatic heterocycles. The number of aliphatic imine (C=N–C) groups is 2. The number of likely N-dealkylation sites (N-methyl/N-ethyl adjacent to an activating group) is 1. The molecule has 2 aliphatic heterocycles. The van der Waals surface area contributed by atoms with Crippen LogP contribution in [0.5, 0.6) is 0 Å². The van der Waals surface area contributed by atoms with Gasteiger partial charge in [-0.05, 0) is 44.8 Å². The Morgan fingerprint density at radius 3 is 2.76 bits per heavy atom. The molecule has 3 aliphatic rings. The summed E-state index contributed by atoms with van der Waals surface area (Å²) in [5.41, 5.74) is 1.83. The van der Waals surface area contributed by atoms with E-state index in [2.05, 4.69) is 44.6 Å². The molecule has 168 valence electrons. The molecule has 1 saturated carbocycles. The van der Waals surface area contributed by atoms with Gasteiger partial charge in [-0.25, -0.2) is 5.01 Å². The largest absolute Gasteiger partial charge is 0.369 e. The van der Waals surface area contributed by atoms with Crippen LogP contribution in [0.3, 0.4) is 0 Å². The Kier molecular flexibility index (Phi) is 6.33. The first kappa shape index (κ1) is 22.0. The Hall–Kier alpha value is -4.22.